The third-order valence-corrected chi connectivity index (χ3v) is 4.64. The van der Waals surface area contributed by atoms with E-state index in [4.69, 9.17) is 4.74 Å². The zero-order valence-corrected chi connectivity index (χ0v) is 12.3. The zero-order chi connectivity index (χ0) is 13.6. The van der Waals surface area contributed by atoms with E-state index in [0.29, 0.717) is 0 Å². The van der Waals surface area contributed by atoms with Crippen molar-refractivity contribution in [1.29, 1.82) is 0 Å². The molecule has 0 aromatic rings. The van der Waals surface area contributed by atoms with Gasteiger partial charge in [-0.3, -0.25) is 0 Å². The highest BCUT2D eigenvalue weighted by Crippen LogP contribution is 2.42. The fourth-order valence-electron chi connectivity index (χ4n) is 3.39. The summed E-state index contributed by atoms with van der Waals surface area (Å²) >= 11 is 0. The lowest BCUT2D eigenvalue weighted by atomic mass is 10.1. The Kier molecular flexibility index (Phi) is 3.34. The van der Waals surface area contributed by atoms with Crippen LogP contribution >= 0.6 is 0 Å². The Morgan fingerprint density at radius 2 is 1.89 bits per heavy atom. The number of rotatable bonds is 1. The number of piperidine rings is 1. The maximum Gasteiger partial charge on any atom is 0.408 e. The fourth-order valence-corrected chi connectivity index (χ4v) is 3.39. The summed E-state index contributed by atoms with van der Waals surface area (Å²) in [6, 6.07) is 1.79. The van der Waals surface area contributed by atoms with Crippen LogP contribution in [0.2, 0.25) is 0 Å². The Balaban J connectivity index is 1.86. The van der Waals surface area contributed by atoms with Gasteiger partial charge in [0.2, 0.25) is 0 Å². The van der Waals surface area contributed by atoms with E-state index in [0.717, 1.165) is 25.0 Å². The van der Waals surface area contributed by atoms with Crippen LogP contribution in [-0.2, 0) is 4.74 Å². The molecular weight excluding hydrogens is 228 g/mol. The number of carbonyl (C=O) groups excluding carboxylic acids is 1. The summed E-state index contributed by atoms with van der Waals surface area (Å²) in [6.07, 6.45) is 2.02. The molecule has 2 saturated heterocycles. The van der Waals surface area contributed by atoms with E-state index < -0.39 is 5.60 Å². The molecule has 18 heavy (non-hydrogen) atoms. The molecule has 3 atom stereocenters. The van der Waals surface area contributed by atoms with Gasteiger partial charge in [-0.2, -0.15) is 0 Å². The van der Waals surface area contributed by atoms with Crippen LogP contribution in [0.15, 0.2) is 0 Å². The second-order valence-electron chi connectivity index (χ2n) is 6.98. The van der Waals surface area contributed by atoms with Gasteiger partial charge in [-0.1, -0.05) is 0 Å². The lowest BCUT2D eigenvalue weighted by molar-refractivity contribution is -0.831. The number of ether oxygens (including phenoxy) is 1. The highest BCUT2D eigenvalue weighted by molar-refractivity contribution is 5.68. The van der Waals surface area contributed by atoms with Crippen molar-refractivity contribution >= 4 is 6.09 Å². The second kappa shape index (κ2) is 4.41. The van der Waals surface area contributed by atoms with Crippen molar-refractivity contribution in [3.63, 3.8) is 0 Å². The summed E-state index contributed by atoms with van der Waals surface area (Å²) in [5.74, 6) is 0. The van der Waals surface area contributed by atoms with Crippen LogP contribution in [0.4, 0.5) is 4.79 Å². The predicted octanol–water partition coefficient (Wildman–Crippen LogP) is 2.28. The van der Waals surface area contributed by atoms with Gasteiger partial charge in [-0.25, -0.2) is 4.79 Å². The van der Waals surface area contributed by atoms with Gasteiger partial charge in [-0.15, -0.1) is 0 Å². The molecule has 104 valence electrons. The molecule has 1 spiro atoms. The van der Waals surface area contributed by atoms with Gasteiger partial charge in [0, 0.05) is 0 Å². The minimum absolute atomic E-state index is 0.269. The molecule has 0 radical (unpaired) electrons. The highest BCUT2D eigenvalue weighted by atomic mass is 16.6. The van der Waals surface area contributed by atoms with Crippen molar-refractivity contribution in [3.8, 4) is 0 Å². The summed E-state index contributed by atoms with van der Waals surface area (Å²) in [4.78, 5) is 11.8. The van der Waals surface area contributed by atoms with E-state index in [-0.39, 0.29) is 12.1 Å². The minimum atomic E-state index is -0.411. The van der Waals surface area contributed by atoms with Crippen LogP contribution in [0, 0.1) is 0 Å². The molecule has 1 N–H and O–H groups in total. The smallest absolute Gasteiger partial charge is 0.408 e. The SMILES string of the molecule is CC1C(C)[N+]12CCC[C@@H](NC(=O)OC(C)(C)C)C2. The van der Waals surface area contributed by atoms with Gasteiger partial charge in [0.25, 0.3) is 0 Å². The molecule has 2 heterocycles. The van der Waals surface area contributed by atoms with Crippen molar-refractivity contribution in [3.05, 3.63) is 0 Å². The predicted molar refractivity (Wildman–Crippen MR) is 71.3 cm³/mol. The van der Waals surface area contributed by atoms with E-state index >= 15 is 0 Å². The lowest BCUT2D eigenvalue weighted by Gasteiger charge is -2.32. The molecule has 2 aliphatic heterocycles. The number of hydrogen-bond acceptors (Lipinski definition) is 2. The van der Waals surface area contributed by atoms with Crippen molar-refractivity contribution in [2.24, 2.45) is 0 Å². The van der Waals surface area contributed by atoms with E-state index in [1.54, 1.807) is 0 Å². The monoisotopic (exact) mass is 255 g/mol. The third kappa shape index (κ3) is 2.63. The lowest BCUT2D eigenvalue weighted by Crippen LogP contribution is -2.51. The number of amides is 1. The largest absolute Gasteiger partial charge is 0.444 e. The van der Waals surface area contributed by atoms with Crippen molar-refractivity contribution in [2.45, 2.75) is 71.2 Å². The van der Waals surface area contributed by atoms with Crippen LogP contribution in [0.3, 0.4) is 0 Å². The molecule has 2 rings (SSSR count). The Morgan fingerprint density at radius 3 is 2.39 bits per heavy atom. The first-order valence-electron chi connectivity index (χ1n) is 7.10. The molecule has 2 fully saturated rings. The molecule has 4 heteroatoms. The van der Waals surface area contributed by atoms with E-state index in [2.05, 4.69) is 19.2 Å². The Labute approximate surface area is 110 Å². The first kappa shape index (κ1) is 13.7. The van der Waals surface area contributed by atoms with Crippen molar-refractivity contribution in [2.75, 3.05) is 13.1 Å². The van der Waals surface area contributed by atoms with Crippen LogP contribution in [0.25, 0.3) is 0 Å². The van der Waals surface area contributed by atoms with Crippen LogP contribution in [-0.4, -0.2) is 47.4 Å². The maximum absolute atomic E-state index is 11.8. The normalized spacial score (nSPS) is 39.5. The number of quaternary nitrogens is 1. The van der Waals surface area contributed by atoms with Crippen LogP contribution in [0.1, 0.15) is 47.5 Å². The van der Waals surface area contributed by atoms with Gasteiger partial charge in [0.05, 0.1) is 12.6 Å². The van der Waals surface area contributed by atoms with Gasteiger partial charge in [0.1, 0.15) is 24.2 Å². The number of alkyl carbamates (subject to hydrolysis) is 1. The molecule has 2 aliphatic rings. The number of carbonyl (C=O) groups is 1. The molecule has 0 saturated carbocycles. The minimum Gasteiger partial charge on any atom is -0.444 e. The molecule has 1 amide bonds. The van der Waals surface area contributed by atoms with E-state index in [1.165, 1.54) is 17.4 Å². The van der Waals surface area contributed by atoms with Gasteiger partial charge >= 0.3 is 6.09 Å². The molecule has 4 nitrogen and oxygen atoms in total. The van der Waals surface area contributed by atoms with Crippen LogP contribution < -0.4 is 5.32 Å². The maximum atomic E-state index is 11.8. The summed E-state index contributed by atoms with van der Waals surface area (Å²) in [5, 5.41) is 3.04. The summed E-state index contributed by atoms with van der Waals surface area (Å²) in [5.41, 5.74) is -0.411. The molecule has 0 aliphatic carbocycles. The average molecular weight is 255 g/mol. The van der Waals surface area contributed by atoms with Gasteiger partial charge in [-0.05, 0) is 47.5 Å². The molecule has 0 bridgehead atoms. The van der Waals surface area contributed by atoms with Gasteiger partial charge in [0.15, 0.2) is 0 Å². The zero-order valence-electron chi connectivity index (χ0n) is 12.3. The number of hydrogen-bond donors (Lipinski definition) is 1. The number of nitrogens with zero attached hydrogens (tertiary/aromatic N) is 1. The van der Waals surface area contributed by atoms with E-state index in [1.807, 2.05) is 20.8 Å². The molecular formula is C14H27N2O2+. The van der Waals surface area contributed by atoms with Crippen LogP contribution in [0.5, 0.6) is 0 Å². The topological polar surface area (TPSA) is 38.3 Å². The second-order valence-corrected chi connectivity index (χ2v) is 6.98. The molecule has 0 aromatic carbocycles. The van der Waals surface area contributed by atoms with Crippen molar-refractivity contribution in [1.82, 2.24) is 5.32 Å². The molecule has 2 unspecified atom stereocenters. The highest BCUT2D eigenvalue weighted by Gasteiger charge is 2.61. The van der Waals surface area contributed by atoms with Gasteiger partial charge < -0.3 is 14.5 Å². The molecule has 0 aromatic heterocycles. The summed E-state index contributed by atoms with van der Waals surface area (Å²) in [7, 11) is 0. The summed E-state index contributed by atoms with van der Waals surface area (Å²) in [6.45, 7) is 12.7. The first-order valence-corrected chi connectivity index (χ1v) is 7.10. The standard InChI is InChI=1S/C14H26N2O2/c1-10-11(2)16(10)8-6-7-12(9-16)15-13(17)18-14(3,4)5/h10-12H,6-9H2,1-5H3/p+1/t10?,11?,12-,16?/m1/s1. The van der Waals surface area contributed by atoms with E-state index in [9.17, 15) is 4.79 Å². The quantitative estimate of drug-likeness (QED) is 0.576. The Morgan fingerprint density at radius 1 is 1.28 bits per heavy atom. The fraction of sp³-hybridized carbons (Fsp3) is 0.929. The summed E-state index contributed by atoms with van der Waals surface area (Å²) < 4.78 is 6.52. The third-order valence-electron chi connectivity index (χ3n) is 4.64. The Hall–Kier alpha value is -0.770. The Bertz CT molecular complexity index is 327. The average Bonchev–Trinajstić information content (AvgIpc) is 2.68. The first-order chi connectivity index (χ1) is 8.24. The van der Waals surface area contributed by atoms with Crippen molar-refractivity contribution < 1.29 is 14.0 Å². The number of nitrogens with one attached hydrogen (secondary N) is 1.